The smallest absolute Gasteiger partial charge is 0.335 e. The van der Waals surface area contributed by atoms with Crippen LogP contribution in [0.25, 0.3) is 0 Å². The third-order valence-electron chi connectivity index (χ3n) is 8.52. The highest BCUT2D eigenvalue weighted by atomic mass is 16.4. The van der Waals surface area contributed by atoms with Gasteiger partial charge in [-0.05, 0) is 66.6 Å². The first kappa shape index (κ1) is 44.1. The normalized spacial score (nSPS) is 13.7. The Balaban J connectivity index is 1.74. The Hall–Kier alpha value is -6.33. The molecule has 3 aromatic rings. The van der Waals surface area contributed by atoms with E-state index in [1.54, 1.807) is 44.2 Å². The molecule has 0 saturated heterocycles. The Morgan fingerprint density at radius 3 is 1.95 bits per heavy atom. The molecule has 0 heterocycles. The monoisotopic (exact) mass is 775 g/mol. The zero-order valence-corrected chi connectivity index (χ0v) is 31.4. The van der Waals surface area contributed by atoms with Crippen molar-refractivity contribution >= 4 is 52.8 Å². The number of amides is 5. The fourth-order valence-electron chi connectivity index (χ4n) is 5.59. The van der Waals surface area contributed by atoms with Crippen LogP contribution in [0.4, 0.5) is 11.4 Å². The third kappa shape index (κ3) is 13.2. The van der Waals surface area contributed by atoms with E-state index in [1.165, 1.54) is 36.4 Å². The topological polar surface area (TPSA) is 292 Å². The van der Waals surface area contributed by atoms with Gasteiger partial charge in [0, 0.05) is 23.5 Å². The van der Waals surface area contributed by atoms with Gasteiger partial charge < -0.3 is 53.4 Å². The number of aliphatic hydroxyl groups excluding tert-OH is 1. The number of carbonyl (C=O) groups excluding carboxylic acids is 5. The number of carboxylic acid groups (broad SMARTS) is 2. The third-order valence-corrected chi connectivity index (χ3v) is 8.52. The van der Waals surface area contributed by atoms with E-state index >= 15 is 0 Å². The molecule has 0 aliphatic rings. The summed E-state index contributed by atoms with van der Waals surface area (Å²) in [7, 11) is 0. The maximum absolute atomic E-state index is 13.9. The van der Waals surface area contributed by atoms with Gasteiger partial charge in [0.05, 0.1) is 17.2 Å². The van der Waals surface area contributed by atoms with E-state index in [0.29, 0.717) is 5.56 Å². The van der Waals surface area contributed by atoms with Crippen LogP contribution >= 0.6 is 0 Å². The van der Waals surface area contributed by atoms with Crippen LogP contribution < -0.4 is 38.1 Å². The van der Waals surface area contributed by atoms with E-state index in [9.17, 15) is 48.9 Å². The summed E-state index contributed by atoms with van der Waals surface area (Å²) in [5, 5.41) is 42.7. The number of carbonyl (C=O) groups is 7. The van der Waals surface area contributed by atoms with Crippen LogP contribution in [-0.4, -0.2) is 93.6 Å². The van der Waals surface area contributed by atoms with Crippen LogP contribution in [0.3, 0.4) is 0 Å². The fraction of sp³-hybridized carbons (Fsp3) is 0.359. The van der Waals surface area contributed by atoms with Crippen molar-refractivity contribution in [3.63, 3.8) is 0 Å². The van der Waals surface area contributed by atoms with Crippen molar-refractivity contribution in [1.82, 2.24) is 21.3 Å². The molecule has 17 nitrogen and oxygen atoms in total. The van der Waals surface area contributed by atoms with Crippen molar-refractivity contribution in [2.24, 2.45) is 17.6 Å². The van der Waals surface area contributed by atoms with Gasteiger partial charge in [0.2, 0.25) is 17.7 Å². The maximum atomic E-state index is 13.9. The molecule has 5 atom stereocenters. The van der Waals surface area contributed by atoms with E-state index in [4.69, 9.17) is 11.5 Å². The molecular formula is C39H49N7O10. The first-order chi connectivity index (χ1) is 26.4. The molecule has 300 valence electrons. The largest absolute Gasteiger partial charge is 0.478 e. The molecule has 0 spiro atoms. The maximum Gasteiger partial charge on any atom is 0.335 e. The standard InChI is InChI=1S/C39H49N7O10/c1-20(2)13-30(35(50)44-29(14-22-9-6-5-7-10-22)32(47)37(52)43-27-12-8-11-23(18-27)38(53)54)45-36(51)31(21(3)4)46-34(49)28(41)19-42-33(48)24-15-25(39(55)56)17-26(40)16-24/h5-12,15-18,20-21,28-32,47H,13-14,19,40-41H2,1-4H3,(H,42,48)(H,43,52)(H,44,50)(H,45,51)(H,46,49)(H,53,54)(H,55,56)/t28-,29-,30-,31-,32+/m0/s1. The summed E-state index contributed by atoms with van der Waals surface area (Å²) in [6.45, 7) is 6.58. The van der Waals surface area contributed by atoms with Gasteiger partial charge in [0.15, 0.2) is 6.10 Å². The lowest BCUT2D eigenvalue weighted by atomic mass is 9.97. The number of rotatable bonds is 19. The predicted octanol–water partition coefficient (Wildman–Crippen LogP) is 1.12. The van der Waals surface area contributed by atoms with Crippen molar-refractivity contribution in [1.29, 1.82) is 0 Å². The van der Waals surface area contributed by atoms with Crippen LogP contribution in [0.5, 0.6) is 0 Å². The molecule has 3 rings (SSSR count). The Labute approximate surface area is 323 Å². The van der Waals surface area contributed by atoms with Crippen molar-refractivity contribution in [3.8, 4) is 0 Å². The molecule has 56 heavy (non-hydrogen) atoms. The van der Waals surface area contributed by atoms with Gasteiger partial charge in [-0.15, -0.1) is 0 Å². The fourth-order valence-corrected chi connectivity index (χ4v) is 5.59. The number of nitrogens with two attached hydrogens (primary N) is 2. The van der Waals surface area contributed by atoms with Crippen molar-refractivity contribution < 1.29 is 48.9 Å². The second-order valence-electron chi connectivity index (χ2n) is 14.0. The number of nitrogens with one attached hydrogen (secondary N) is 5. The molecular weight excluding hydrogens is 726 g/mol. The average Bonchev–Trinajstić information content (AvgIpc) is 3.14. The second kappa shape index (κ2) is 20.4. The van der Waals surface area contributed by atoms with Gasteiger partial charge in [0.25, 0.3) is 11.8 Å². The van der Waals surface area contributed by atoms with Crippen LogP contribution in [0, 0.1) is 11.8 Å². The van der Waals surface area contributed by atoms with Crippen LogP contribution in [-0.2, 0) is 25.6 Å². The molecule has 0 aromatic heterocycles. The van der Waals surface area contributed by atoms with Gasteiger partial charge in [-0.3, -0.25) is 24.0 Å². The van der Waals surface area contributed by atoms with Gasteiger partial charge in [0.1, 0.15) is 18.1 Å². The van der Waals surface area contributed by atoms with Gasteiger partial charge in [-0.1, -0.05) is 64.1 Å². The quantitative estimate of drug-likeness (QED) is 0.0767. The van der Waals surface area contributed by atoms with Crippen LogP contribution in [0.1, 0.15) is 70.8 Å². The summed E-state index contributed by atoms with van der Waals surface area (Å²) in [6, 6.07) is 12.9. The number of aromatic carboxylic acids is 2. The minimum absolute atomic E-state index is 0.0101. The first-order valence-electron chi connectivity index (χ1n) is 17.8. The summed E-state index contributed by atoms with van der Waals surface area (Å²) in [5.41, 5.74) is 12.2. The molecule has 0 radical (unpaired) electrons. The first-order valence-corrected chi connectivity index (χ1v) is 17.8. The summed E-state index contributed by atoms with van der Waals surface area (Å²) < 4.78 is 0. The van der Waals surface area contributed by atoms with Crippen LogP contribution in [0.2, 0.25) is 0 Å². The Morgan fingerprint density at radius 2 is 1.34 bits per heavy atom. The minimum Gasteiger partial charge on any atom is -0.478 e. The molecule has 12 N–H and O–H groups in total. The number of benzene rings is 3. The van der Waals surface area contributed by atoms with Crippen LogP contribution in [0.15, 0.2) is 72.8 Å². The van der Waals surface area contributed by atoms with Gasteiger partial charge in [-0.25, -0.2) is 9.59 Å². The molecule has 0 bridgehead atoms. The van der Waals surface area contributed by atoms with Crippen molar-refractivity contribution in [2.75, 3.05) is 17.6 Å². The molecule has 17 heteroatoms. The molecule has 0 aliphatic heterocycles. The number of anilines is 2. The molecule has 3 aromatic carbocycles. The zero-order chi connectivity index (χ0) is 41.7. The van der Waals surface area contributed by atoms with E-state index in [-0.39, 0.29) is 53.4 Å². The Kier molecular flexibility index (Phi) is 16.0. The number of aliphatic hydroxyl groups is 1. The predicted molar refractivity (Wildman–Crippen MR) is 206 cm³/mol. The lowest BCUT2D eigenvalue weighted by Crippen LogP contribution is -2.60. The minimum atomic E-state index is -1.81. The molecule has 0 fully saturated rings. The summed E-state index contributed by atoms with van der Waals surface area (Å²) in [5.74, 6) is -7.00. The average molecular weight is 776 g/mol. The lowest BCUT2D eigenvalue weighted by Gasteiger charge is -2.29. The Morgan fingerprint density at radius 1 is 0.696 bits per heavy atom. The summed E-state index contributed by atoms with van der Waals surface area (Å²) in [6.07, 6.45) is -1.67. The molecule has 0 unspecified atom stereocenters. The number of hydrogen-bond donors (Lipinski definition) is 10. The molecule has 0 aliphatic carbocycles. The summed E-state index contributed by atoms with van der Waals surface area (Å²) in [4.78, 5) is 89.3. The second-order valence-corrected chi connectivity index (χ2v) is 14.0. The van der Waals surface area contributed by atoms with Gasteiger partial charge >= 0.3 is 11.9 Å². The van der Waals surface area contributed by atoms with E-state index in [0.717, 1.165) is 6.07 Å². The Bertz CT molecular complexity index is 1900. The highest BCUT2D eigenvalue weighted by Gasteiger charge is 2.34. The van der Waals surface area contributed by atoms with Gasteiger partial charge in [-0.2, -0.15) is 0 Å². The van der Waals surface area contributed by atoms with Crippen molar-refractivity contribution in [2.45, 2.75) is 70.8 Å². The number of hydrogen-bond acceptors (Lipinski definition) is 10. The zero-order valence-electron chi connectivity index (χ0n) is 31.4. The van der Waals surface area contributed by atoms with E-state index in [1.807, 2.05) is 13.8 Å². The molecule has 0 saturated carbocycles. The highest BCUT2D eigenvalue weighted by molar-refractivity contribution is 6.00. The van der Waals surface area contributed by atoms with Crippen molar-refractivity contribution in [3.05, 3.63) is 95.1 Å². The molecule has 5 amide bonds. The number of nitrogen functional groups attached to an aromatic ring is 1. The summed E-state index contributed by atoms with van der Waals surface area (Å²) >= 11 is 0. The SMILES string of the molecule is CC(C)C[C@H](NC(=O)[C@@H](NC(=O)[C@@H](N)CNC(=O)c1cc(N)cc(C(=O)O)c1)C(C)C)C(=O)N[C@@H](Cc1ccccc1)[C@@H](O)C(=O)Nc1cccc(C(=O)O)c1. The van der Waals surface area contributed by atoms with E-state index in [2.05, 4.69) is 26.6 Å². The number of carboxylic acids is 2. The lowest BCUT2D eigenvalue weighted by molar-refractivity contribution is -0.134. The van der Waals surface area contributed by atoms with E-state index < -0.39 is 77.7 Å². The highest BCUT2D eigenvalue weighted by Crippen LogP contribution is 2.16.